The first-order valence-electron chi connectivity index (χ1n) is 12.5. The molecule has 4 rings (SSSR count). The van der Waals surface area contributed by atoms with E-state index in [-0.39, 0.29) is 5.92 Å². The Morgan fingerprint density at radius 3 is 2.38 bits per heavy atom. The van der Waals surface area contributed by atoms with Crippen molar-refractivity contribution in [3.05, 3.63) is 130 Å². The van der Waals surface area contributed by atoms with Crippen LogP contribution in [0.15, 0.2) is 102 Å². The van der Waals surface area contributed by atoms with E-state index in [9.17, 15) is 0 Å². The third kappa shape index (κ3) is 4.34. The van der Waals surface area contributed by atoms with Gasteiger partial charge < -0.3 is 0 Å². The summed E-state index contributed by atoms with van der Waals surface area (Å²) in [5.74, 6) is 0.581. The summed E-state index contributed by atoms with van der Waals surface area (Å²) in [7, 11) is 0. The monoisotopic (exact) mass is 446 g/mol. The predicted octanol–water partition coefficient (Wildman–Crippen LogP) is 9.69. The number of allylic oxidation sites excluding steroid dienone is 8. The van der Waals surface area contributed by atoms with Gasteiger partial charge in [0.05, 0.1) is 0 Å². The Bertz CT molecular complexity index is 1260. The summed E-state index contributed by atoms with van der Waals surface area (Å²) >= 11 is 0. The lowest BCUT2D eigenvalue weighted by Crippen LogP contribution is -2.21. The van der Waals surface area contributed by atoms with Gasteiger partial charge in [0.15, 0.2) is 0 Å². The van der Waals surface area contributed by atoms with Crippen molar-refractivity contribution in [1.29, 1.82) is 0 Å². The van der Waals surface area contributed by atoms with Crippen molar-refractivity contribution in [1.82, 2.24) is 0 Å². The fraction of sp³-hybridized carbons (Fsp3) is 0.294. The molecule has 0 heterocycles. The van der Waals surface area contributed by atoms with Crippen LogP contribution in [-0.2, 0) is 0 Å². The van der Waals surface area contributed by atoms with Crippen molar-refractivity contribution < 1.29 is 0 Å². The Labute approximate surface area is 206 Å². The van der Waals surface area contributed by atoms with Crippen molar-refractivity contribution >= 4 is 11.6 Å². The number of fused-ring (bicyclic) bond motifs is 1. The highest BCUT2D eigenvalue weighted by Gasteiger charge is 2.40. The quantitative estimate of drug-likeness (QED) is 0.414. The van der Waals surface area contributed by atoms with Crippen LogP contribution in [0, 0.1) is 19.8 Å². The highest BCUT2D eigenvalue weighted by Crippen LogP contribution is 2.55. The van der Waals surface area contributed by atoms with E-state index < -0.39 is 0 Å². The largest absolute Gasteiger partial charge is 0.0955 e. The van der Waals surface area contributed by atoms with E-state index in [0.29, 0.717) is 5.92 Å². The van der Waals surface area contributed by atoms with E-state index in [4.69, 9.17) is 0 Å². The number of hydrogen-bond acceptors (Lipinski definition) is 0. The fourth-order valence-electron chi connectivity index (χ4n) is 5.90. The van der Waals surface area contributed by atoms with Gasteiger partial charge in [0.2, 0.25) is 0 Å². The molecule has 1 fully saturated rings. The first-order valence-corrected chi connectivity index (χ1v) is 12.5. The number of benzene rings is 2. The highest BCUT2D eigenvalue weighted by molar-refractivity contribution is 5.72. The summed E-state index contributed by atoms with van der Waals surface area (Å²) < 4.78 is 0. The van der Waals surface area contributed by atoms with Crippen molar-refractivity contribution in [3.63, 3.8) is 0 Å². The second-order valence-electron chi connectivity index (χ2n) is 10.2. The van der Waals surface area contributed by atoms with Crippen LogP contribution in [0.1, 0.15) is 73.8 Å². The molecule has 0 aromatic heterocycles. The van der Waals surface area contributed by atoms with Crippen molar-refractivity contribution in [2.75, 3.05) is 0 Å². The van der Waals surface area contributed by atoms with Crippen LogP contribution in [0.5, 0.6) is 0 Å². The normalized spacial score (nSPS) is 21.0. The van der Waals surface area contributed by atoms with Crippen LogP contribution < -0.4 is 0 Å². The molecule has 0 nitrogen and oxygen atoms in total. The summed E-state index contributed by atoms with van der Waals surface area (Å²) in [6, 6.07) is 15.6. The molecule has 2 aromatic carbocycles. The maximum atomic E-state index is 4.68. The average molecular weight is 447 g/mol. The van der Waals surface area contributed by atoms with Gasteiger partial charge in [0.25, 0.3) is 0 Å². The minimum absolute atomic E-state index is 0.282. The van der Waals surface area contributed by atoms with Gasteiger partial charge in [0, 0.05) is 11.8 Å². The topological polar surface area (TPSA) is 0 Å². The standard InChI is InChI=1S/C34H38/c1-9-13-22(4)32-24(6)17-30-20-29(18-27-16-23(5)25(7)31(19-27)21(2)3)26(8)33(30)34(32)28-14-11-10-12-15-28/h10-12,14-19,33-34H,2,4,8-9,13,20H2,1,3,5-7H3/b29-18+. The van der Waals surface area contributed by atoms with Crippen molar-refractivity contribution in [3.8, 4) is 0 Å². The van der Waals surface area contributed by atoms with Crippen molar-refractivity contribution in [2.24, 2.45) is 5.92 Å². The summed E-state index contributed by atoms with van der Waals surface area (Å²) in [5.41, 5.74) is 15.8. The summed E-state index contributed by atoms with van der Waals surface area (Å²) in [5, 5.41) is 0. The number of hydrogen-bond donors (Lipinski definition) is 0. The molecule has 0 saturated heterocycles. The van der Waals surface area contributed by atoms with E-state index >= 15 is 0 Å². The Kier molecular flexibility index (Phi) is 6.80. The molecule has 0 amide bonds. The molecule has 1 saturated carbocycles. The molecule has 2 aromatic rings. The zero-order chi connectivity index (χ0) is 24.6. The van der Waals surface area contributed by atoms with Gasteiger partial charge in [-0.15, -0.1) is 0 Å². The van der Waals surface area contributed by atoms with E-state index in [1.165, 1.54) is 61.3 Å². The first kappa shape index (κ1) is 24.0. The SMILES string of the molecule is C=C(CCC)C1=C(C)C=C2C/C(=C\c3cc(C)c(C)c(C(=C)C)c3)C(=C)C2C1c1ccccc1. The lowest BCUT2D eigenvalue weighted by atomic mass is 9.69. The second kappa shape index (κ2) is 9.63. The molecule has 0 heteroatoms. The van der Waals surface area contributed by atoms with Crippen LogP contribution >= 0.6 is 0 Å². The lowest BCUT2D eigenvalue weighted by Gasteiger charge is -2.34. The fourth-order valence-corrected chi connectivity index (χ4v) is 5.90. The number of aryl methyl sites for hydroxylation is 1. The third-order valence-corrected chi connectivity index (χ3v) is 7.63. The Balaban J connectivity index is 1.80. The zero-order valence-electron chi connectivity index (χ0n) is 21.6. The minimum Gasteiger partial charge on any atom is -0.0955 e. The molecule has 0 radical (unpaired) electrons. The van der Waals surface area contributed by atoms with E-state index in [1.807, 2.05) is 0 Å². The molecular formula is C34H38. The molecule has 0 aliphatic heterocycles. The zero-order valence-corrected chi connectivity index (χ0v) is 21.6. The molecule has 0 bridgehead atoms. The van der Waals surface area contributed by atoms with Gasteiger partial charge >= 0.3 is 0 Å². The highest BCUT2D eigenvalue weighted by atomic mass is 14.4. The lowest BCUT2D eigenvalue weighted by molar-refractivity contribution is 0.619. The van der Waals surface area contributed by atoms with Gasteiger partial charge in [-0.3, -0.25) is 0 Å². The summed E-state index contributed by atoms with van der Waals surface area (Å²) in [6.45, 7) is 24.4. The number of rotatable bonds is 6. The molecule has 2 unspecified atom stereocenters. The van der Waals surface area contributed by atoms with Crippen molar-refractivity contribution in [2.45, 2.75) is 59.8 Å². The van der Waals surface area contributed by atoms with Crippen LogP contribution in [0.25, 0.3) is 11.6 Å². The predicted molar refractivity (Wildman–Crippen MR) is 150 cm³/mol. The van der Waals surface area contributed by atoms with Gasteiger partial charge in [-0.05, 0) is 96.7 Å². The average Bonchev–Trinajstić information content (AvgIpc) is 3.10. The Morgan fingerprint density at radius 1 is 1.03 bits per heavy atom. The Morgan fingerprint density at radius 2 is 1.74 bits per heavy atom. The smallest absolute Gasteiger partial charge is 0.0201 e. The maximum Gasteiger partial charge on any atom is 0.0201 e. The summed E-state index contributed by atoms with van der Waals surface area (Å²) in [4.78, 5) is 0. The third-order valence-electron chi connectivity index (χ3n) is 7.63. The Hall–Kier alpha value is -3.12. The van der Waals surface area contributed by atoms with Crippen LogP contribution in [0.2, 0.25) is 0 Å². The second-order valence-corrected chi connectivity index (χ2v) is 10.2. The van der Waals surface area contributed by atoms with Gasteiger partial charge in [-0.25, -0.2) is 0 Å². The van der Waals surface area contributed by atoms with E-state index in [1.54, 1.807) is 0 Å². The molecule has 0 spiro atoms. The van der Waals surface area contributed by atoms with Crippen LogP contribution in [0.3, 0.4) is 0 Å². The van der Waals surface area contributed by atoms with Crippen LogP contribution in [0.4, 0.5) is 0 Å². The van der Waals surface area contributed by atoms with Gasteiger partial charge in [-0.2, -0.15) is 0 Å². The molecule has 2 atom stereocenters. The molecule has 174 valence electrons. The molecule has 34 heavy (non-hydrogen) atoms. The molecule has 2 aliphatic rings. The maximum absolute atomic E-state index is 4.68. The van der Waals surface area contributed by atoms with E-state index in [2.05, 4.69) is 109 Å². The van der Waals surface area contributed by atoms with Gasteiger partial charge in [-0.1, -0.05) is 98.4 Å². The van der Waals surface area contributed by atoms with E-state index in [0.717, 1.165) is 24.8 Å². The minimum atomic E-state index is 0.282. The molecule has 2 aliphatic carbocycles. The molecule has 0 N–H and O–H groups in total. The molecular weight excluding hydrogens is 408 g/mol. The van der Waals surface area contributed by atoms with Crippen LogP contribution in [-0.4, -0.2) is 0 Å². The first-order chi connectivity index (χ1) is 16.2. The summed E-state index contributed by atoms with van der Waals surface area (Å²) in [6.07, 6.45) is 7.90. The van der Waals surface area contributed by atoms with Gasteiger partial charge in [0.1, 0.15) is 0 Å².